The second-order valence-electron chi connectivity index (χ2n) is 0.679. The van der Waals surface area contributed by atoms with Gasteiger partial charge in [-0.15, -0.1) is 0 Å². The Morgan fingerprint density at radius 2 is 1.18 bits per heavy atom. The van der Waals surface area contributed by atoms with Gasteiger partial charge >= 0.3 is 40.0 Å². The van der Waals surface area contributed by atoms with Gasteiger partial charge in [0.1, 0.15) is 0 Å². The van der Waals surface area contributed by atoms with Crippen LogP contribution in [0.15, 0.2) is 0 Å². The zero-order chi connectivity index (χ0) is 8.08. The summed E-state index contributed by atoms with van der Waals surface area (Å²) in [5.41, 5.74) is 0. The summed E-state index contributed by atoms with van der Waals surface area (Å²) in [6.45, 7) is 0. The minimum atomic E-state index is -4.67. The molecule has 0 atom stereocenters. The van der Waals surface area contributed by atoms with E-state index in [9.17, 15) is 0 Å². The minimum Gasteiger partial charge on any atom is -1.00 e. The van der Waals surface area contributed by atoms with E-state index in [-0.39, 0.29) is 48.1 Å². The standard InChI is InChI=1S/Fe.Na.H2O4S.H2O3S.H/c;;1-5(2,3)4;1-4(2)3;/h;;(H2,1,2,3,4);(H2,1,2,3);/q;+1;;;-1. The van der Waals surface area contributed by atoms with Gasteiger partial charge in [0.15, 0.2) is 0 Å². The second kappa shape index (κ2) is 11.5. The molecule has 4 N–H and O–H groups in total. The molecule has 0 saturated carbocycles. The first-order chi connectivity index (χ1) is 3.73. The van der Waals surface area contributed by atoms with Crippen LogP contribution < -0.4 is 29.6 Å². The number of rotatable bonds is 0. The van der Waals surface area contributed by atoms with Crippen LogP contribution in [0.2, 0.25) is 0 Å². The molecule has 0 fully saturated rings. The third-order valence-corrected chi connectivity index (χ3v) is 0. The van der Waals surface area contributed by atoms with Crippen molar-refractivity contribution in [2.75, 3.05) is 0 Å². The quantitative estimate of drug-likeness (QED) is 0.199. The average molecular weight is 260 g/mol. The van der Waals surface area contributed by atoms with Gasteiger partial charge in [0.25, 0.3) is 11.4 Å². The molecule has 0 aliphatic carbocycles. The molecule has 0 aromatic rings. The van der Waals surface area contributed by atoms with E-state index < -0.39 is 21.8 Å². The van der Waals surface area contributed by atoms with Crippen LogP contribution in [0.5, 0.6) is 0 Å². The van der Waals surface area contributed by atoms with Gasteiger partial charge in [0.2, 0.25) is 0 Å². The van der Waals surface area contributed by atoms with Gasteiger partial charge in [0, 0.05) is 17.1 Å². The second-order valence-corrected chi connectivity index (χ2v) is 2.04. The molecule has 0 aromatic heterocycles. The van der Waals surface area contributed by atoms with Gasteiger partial charge in [-0.1, -0.05) is 0 Å². The van der Waals surface area contributed by atoms with Crippen molar-refractivity contribution in [1.82, 2.24) is 0 Å². The van der Waals surface area contributed by atoms with E-state index >= 15 is 0 Å². The van der Waals surface area contributed by atoms with Crippen molar-refractivity contribution < 1.29 is 78.9 Å². The Balaban J connectivity index is -0.0000000221. The predicted octanol–water partition coefficient (Wildman–Crippen LogP) is -3.86. The molecule has 7 nitrogen and oxygen atoms in total. The Bertz CT molecular complexity index is 164. The van der Waals surface area contributed by atoms with Gasteiger partial charge in [-0.3, -0.25) is 18.2 Å². The summed E-state index contributed by atoms with van der Waals surface area (Å²) in [5.74, 6) is 0. The fourth-order valence-corrected chi connectivity index (χ4v) is 0. The zero-order valence-corrected chi connectivity index (χ0v) is 9.92. The molecule has 0 unspecified atom stereocenters. The molecule has 0 aliphatic heterocycles. The molecule has 0 radical (unpaired) electrons. The first-order valence-electron chi connectivity index (χ1n) is 1.23. The Morgan fingerprint density at radius 1 is 1.18 bits per heavy atom. The van der Waals surface area contributed by atoms with Gasteiger partial charge < -0.3 is 1.43 Å². The van der Waals surface area contributed by atoms with Crippen LogP contribution in [0.4, 0.5) is 0 Å². The molecule has 0 rings (SSSR count). The van der Waals surface area contributed by atoms with E-state index in [0.717, 1.165) is 0 Å². The molecule has 11 heavy (non-hydrogen) atoms. The molecule has 0 bridgehead atoms. The third-order valence-electron chi connectivity index (χ3n) is 0. The van der Waals surface area contributed by atoms with Crippen LogP contribution in [-0.2, 0) is 38.8 Å². The number of hydrogen-bond donors (Lipinski definition) is 4. The van der Waals surface area contributed by atoms with Gasteiger partial charge in [-0.05, 0) is 0 Å². The normalized spacial score (nSPS) is 8.45. The summed E-state index contributed by atoms with van der Waals surface area (Å²) in [7, 11) is -4.67. The topological polar surface area (TPSA) is 132 Å². The summed E-state index contributed by atoms with van der Waals surface area (Å²) >= 11 is -2.61. The Labute approximate surface area is 99.9 Å². The summed E-state index contributed by atoms with van der Waals surface area (Å²) < 4.78 is 54.4. The van der Waals surface area contributed by atoms with Crippen LogP contribution in [0, 0.1) is 0 Å². The van der Waals surface area contributed by atoms with E-state index in [1.807, 2.05) is 0 Å². The maximum atomic E-state index is 8.74. The van der Waals surface area contributed by atoms with Gasteiger partial charge in [-0.25, -0.2) is 0 Å². The van der Waals surface area contributed by atoms with Crippen molar-refractivity contribution in [3.63, 3.8) is 0 Å². The fraction of sp³-hybridized carbons (Fsp3) is 0. The summed E-state index contributed by atoms with van der Waals surface area (Å²) in [5, 5.41) is 0. The fourth-order valence-electron chi connectivity index (χ4n) is 0. The van der Waals surface area contributed by atoms with Crippen molar-refractivity contribution >= 4 is 21.8 Å². The van der Waals surface area contributed by atoms with Crippen molar-refractivity contribution in [3.05, 3.63) is 0 Å². The van der Waals surface area contributed by atoms with E-state index in [2.05, 4.69) is 0 Å². The van der Waals surface area contributed by atoms with E-state index in [4.69, 9.17) is 30.8 Å². The largest absolute Gasteiger partial charge is 1.00 e. The zero-order valence-electron chi connectivity index (χ0n) is 6.18. The van der Waals surface area contributed by atoms with E-state index in [0.29, 0.717) is 0 Å². The molecule has 0 aliphatic rings. The van der Waals surface area contributed by atoms with Crippen LogP contribution in [0.1, 0.15) is 1.43 Å². The Morgan fingerprint density at radius 3 is 1.18 bits per heavy atom. The molecule has 68 valence electrons. The molecule has 0 heterocycles. The van der Waals surface area contributed by atoms with Crippen LogP contribution >= 0.6 is 0 Å². The van der Waals surface area contributed by atoms with E-state index in [1.54, 1.807) is 0 Å². The third kappa shape index (κ3) is 481. The minimum absolute atomic E-state index is 0. The van der Waals surface area contributed by atoms with Gasteiger partial charge in [-0.2, -0.15) is 12.6 Å². The SMILES string of the molecule is O=S(=O)(O)O.O=S(O)O.[Fe].[H-].[Na+]. The van der Waals surface area contributed by atoms with Gasteiger partial charge in [0.05, 0.1) is 0 Å². The van der Waals surface area contributed by atoms with Crippen LogP contribution in [0.3, 0.4) is 0 Å². The maximum Gasteiger partial charge on any atom is 1.00 e. The Kier molecular flexibility index (Phi) is 23.8. The Hall–Kier alpha value is 1.46. The van der Waals surface area contributed by atoms with Crippen LogP contribution in [0.25, 0.3) is 0 Å². The summed E-state index contributed by atoms with van der Waals surface area (Å²) in [6, 6.07) is 0. The first kappa shape index (κ1) is 22.9. The molecular formula is H5FeNaO7S2. The van der Waals surface area contributed by atoms with Crippen LogP contribution in [-0.4, -0.2) is 30.8 Å². The molecule has 0 spiro atoms. The summed E-state index contributed by atoms with van der Waals surface area (Å²) in [6.07, 6.45) is 0. The smallest absolute Gasteiger partial charge is 1.00 e. The average Bonchev–Trinajstić information content (AvgIpc) is 1.19. The maximum absolute atomic E-state index is 8.74. The summed E-state index contributed by atoms with van der Waals surface area (Å²) in [4.78, 5) is 0. The predicted molar refractivity (Wildman–Crippen MR) is 28.7 cm³/mol. The van der Waals surface area contributed by atoms with Crippen molar-refractivity contribution in [2.24, 2.45) is 0 Å². The van der Waals surface area contributed by atoms with Crippen molar-refractivity contribution in [3.8, 4) is 0 Å². The molecule has 0 saturated heterocycles. The van der Waals surface area contributed by atoms with E-state index in [1.165, 1.54) is 0 Å². The number of hydrogen-bond acceptors (Lipinski definition) is 3. The molecular weight excluding hydrogens is 255 g/mol. The van der Waals surface area contributed by atoms with Crippen molar-refractivity contribution in [1.29, 1.82) is 0 Å². The molecule has 0 amide bonds. The molecule has 11 heteroatoms. The monoisotopic (exact) mass is 260 g/mol. The first-order valence-corrected chi connectivity index (χ1v) is 3.69. The molecule has 0 aromatic carbocycles. The van der Waals surface area contributed by atoms with Crippen molar-refractivity contribution in [2.45, 2.75) is 0 Å².